The topological polar surface area (TPSA) is 122 Å². The van der Waals surface area contributed by atoms with Gasteiger partial charge in [0.05, 0.1) is 9.80 Å². The van der Waals surface area contributed by atoms with Gasteiger partial charge in [0, 0.05) is 49.4 Å². The largest absolute Gasteiger partial charge is 0.352 e. The number of nitrogens with two attached hydrogens (primary N) is 1. The van der Waals surface area contributed by atoms with Crippen molar-refractivity contribution in [1.29, 1.82) is 0 Å². The van der Waals surface area contributed by atoms with Crippen molar-refractivity contribution in [3.05, 3.63) is 62.3 Å². The third kappa shape index (κ3) is 6.19. The molecular weight excluding hydrogens is 490 g/mol. The number of thiophene rings is 1. The van der Waals surface area contributed by atoms with Crippen LogP contribution in [-0.2, 0) is 11.3 Å². The van der Waals surface area contributed by atoms with Gasteiger partial charge in [-0.25, -0.2) is 0 Å². The first-order valence-electron chi connectivity index (χ1n) is 13.3. The first kappa shape index (κ1) is 25.8. The number of nitrogens with zero attached hydrogens (tertiary/aromatic N) is 3. The first-order chi connectivity index (χ1) is 17.9. The standard InChI is InChI=1S/C27H35N5O4S/c28-19-5-7-20(8-6-19)29-26(33)24-16-23(13-14-30(24)27(34)25-2-1-15-37-25)31(21-11-12-21)17-18-3-9-22(10-4-18)32(35)36/h1-4,9-10,15,19-21,23-24H,5-8,11-14,16-17,28H2,(H,29,33)/t19?,20?,23?,24-/m1/s1. The lowest BCUT2D eigenvalue weighted by Gasteiger charge is -2.43. The first-order valence-corrected chi connectivity index (χ1v) is 14.2. The van der Waals surface area contributed by atoms with E-state index >= 15 is 0 Å². The van der Waals surface area contributed by atoms with Gasteiger partial charge in [-0.05, 0) is 68.4 Å². The second-order valence-corrected chi connectivity index (χ2v) is 11.6. The number of carbonyl (C=O) groups excluding carboxylic acids is 2. The molecule has 198 valence electrons. The van der Waals surface area contributed by atoms with E-state index in [1.165, 1.54) is 11.3 Å². The fourth-order valence-corrected chi connectivity index (χ4v) is 6.42. The van der Waals surface area contributed by atoms with Crippen molar-refractivity contribution in [1.82, 2.24) is 15.1 Å². The van der Waals surface area contributed by atoms with Crippen LogP contribution in [0.3, 0.4) is 0 Å². The van der Waals surface area contributed by atoms with Gasteiger partial charge in [0.25, 0.3) is 11.6 Å². The Bertz CT molecular complexity index is 1100. The average molecular weight is 526 g/mol. The van der Waals surface area contributed by atoms with E-state index < -0.39 is 6.04 Å². The summed E-state index contributed by atoms with van der Waals surface area (Å²) in [5, 5.41) is 16.2. The van der Waals surface area contributed by atoms with Crippen LogP contribution in [0.4, 0.5) is 5.69 Å². The maximum Gasteiger partial charge on any atom is 0.269 e. The zero-order valence-electron chi connectivity index (χ0n) is 21.0. The SMILES string of the molecule is NC1CCC(NC(=O)[C@H]2CC(N(Cc3ccc([N+](=O)[O-])cc3)C3CC3)CCN2C(=O)c2cccs2)CC1. The van der Waals surface area contributed by atoms with Crippen LogP contribution in [0.2, 0.25) is 0 Å². The van der Waals surface area contributed by atoms with Crippen molar-refractivity contribution in [2.75, 3.05) is 6.54 Å². The fourth-order valence-electron chi connectivity index (χ4n) is 5.74. The molecule has 2 amide bonds. The molecular formula is C27H35N5O4S. The molecule has 1 unspecified atom stereocenters. The van der Waals surface area contributed by atoms with E-state index in [0.717, 1.165) is 50.5 Å². The molecule has 2 atom stereocenters. The Balaban J connectivity index is 1.32. The Labute approximate surface area is 221 Å². The van der Waals surface area contributed by atoms with Gasteiger partial charge in [-0.15, -0.1) is 11.3 Å². The highest BCUT2D eigenvalue weighted by atomic mass is 32.1. The average Bonchev–Trinajstić information content (AvgIpc) is 3.60. The van der Waals surface area contributed by atoms with Gasteiger partial charge in [-0.1, -0.05) is 18.2 Å². The molecule has 2 heterocycles. The number of nitro groups is 1. The molecule has 3 aliphatic rings. The highest BCUT2D eigenvalue weighted by Crippen LogP contribution is 2.35. The predicted octanol–water partition coefficient (Wildman–Crippen LogP) is 3.68. The minimum Gasteiger partial charge on any atom is -0.352 e. The van der Waals surface area contributed by atoms with Crippen molar-refractivity contribution in [2.45, 2.75) is 88.1 Å². The zero-order chi connectivity index (χ0) is 25.9. The Morgan fingerprint density at radius 2 is 1.78 bits per heavy atom. The number of hydrogen-bond donors (Lipinski definition) is 2. The highest BCUT2D eigenvalue weighted by Gasteiger charge is 2.42. The molecule has 1 saturated heterocycles. The number of likely N-dealkylation sites (tertiary alicyclic amines) is 1. The van der Waals surface area contributed by atoms with Crippen LogP contribution in [0, 0.1) is 10.1 Å². The van der Waals surface area contributed by atoms with E-state index in [2.05, 4.69) is 10.2 Å². The van der Waals surface area contributed by atoms with E-state index in [1.807, 2.05) is 29.6 Å². The lowest BCUT2D eigenvalue weighted by atomic mass is 9.90. The molecule has 3 N–H and O–H groups in total. The van der Waals surface area contributed by atoms with Crippen molar-refractivity contribution >= 4 is 28.8 Å². The summed E-state index contributed by atoms with van der Waals surface area (Å²) in [6, 6.07) is 10.8. The smallest absolute Gasteiger partial charge is 0.269 e. The third-order valence-electron chi connectivity index (χ3n) is 7.99. The molecule has 10 heteroatoms. The Morgan fingerprint density at radius 1 is 1.05 bits per heavy atom. The van der Waals surface area contributed by atoms with E-state index in [1.54, 1.807) is 17.0 Å². The molecule has 1 aliphatic heterocycles. The molecule has 37 heavy (non-hydrogen) atoms. The Morgan fingerprint density at radius 3 is 2.41 bits per heavy atom. The van der Waals surface area contributed by atoms with E-state index in [-0.39, 0.29) is 40.6 Å². The molecule has 5 rings (SSSR count). The van der Waals surface area contributed by atoms with Crippen LogP contribution in [0.25, 0.3) is 0 Å². The normalized spacial score (nSPS) is 26.2. The lowest BCUT2D eigenvalue weighted by molar-refractivity contribution is -0.384. The van der Waals surface area contributed by atoms with Gasteiger partial charge < -0.3 is 16.0 Å². The number of nitro benzene ring substituents is 1. The van der Waals surface area contributed by atoms with Crippen molar-refractivity contribution < 1.29 is 14.5 Å². The molecule has 0 radical (unpaired) electrons. The highest BCUT2D eigenvalue weighted by molar-refractivity contribution is 7.12. The molecule has 2 aliphatic carbocycles. The van der Waals surface area contributed by atoms with Gasteiger partial charge >= 0.3 is 0 Å². The fraction of sp³-hybridized carbons (Fsp3) is 0.556. The summed E-state index contributed by atoms with van der Waals surface area (Å²) in [5.41, 5.74) is 7.16. The number of piperidine rings is 1. The van der Waals surface area contributed by atoms with Crippen LogP contribution in [0.5, 0.6) is 0 Å². The summed E-state index contributed by atoms with van der Waals surface area (Å²) in [7, 11) is 0. The van der Waals surface area contributed by atoms with Crippen molar-refractivity contribution in [3.8, 4) is 0 Å². The number of benzene rings is 1. The van der Waals surface area contributed by atoms with E-state index in [9.17, 15) is 19.7 Å². The van der Waals surface area contributed by atoms with E-state index in [4.69, 9.17) is 5.73 Å². The summed E-state index contributed by atoms with van der Waals surface area (Å²) in [6.07, 6.45) is 7.15. The second kappa shape index (κ2) is 11.3. The minimum atomic E-state index is -0.526. The van der Waals surface area contributed by atoms with Gasteiger partial charge in [0.15, 0.2) is 0 Å². The van der Waals surface area contributed by atoms with Gasteiger partial charge in [-0.2, -0.15) is 0 Å². The summed E-state index contributed by atoms with van der Waals surface area (Å²) >= 11 is 1.41. The summed E-state index contributed by atoms with van der Waals surface area (Å²) in [4.78, 5) is 42.6. The van der Waals surface area contributed by atoms with Crippen molar-refractivity contribution in [2.24, 2.45) is 5.73 Å². The van der Waals surface area contributed by atoms with Gasteiger partial charge in [-0.3, -0.25) is 24.6 Å². The molecule has 2 aromatic rings. The molecule has 0 bridgehead atoms. The summed E-state index contributed by atoms with van der Waals surface area (Å²) in [6.45, 7) is 1.21. The molecule has 1 aromatic carbocycles. The number of nitrogens with one attached hydrogen (secondary N) is 1. The molecule has 3 fully saturated rings. The maximum atomic E-state index is 13.6. The monoisotopic (exact) mass is 525 g/mol. The van der Waals surface area contributed by atoms with Crippen molar-refractivity contribution in [3.63, 3.8) is 0 Å². The van der Waals surface area contributed by atoms with Crippen LogP contribution in [0.1, 0.15) is 66.6 Å². The lowest BCUT2D eigenvalue weighted by Crippen LogP contribution is -2.58. The van der Waals surface area contributed by atoms with Crippen LogP contribution < -0.4 is 11.1 Å². The van der Waals surface area contributed by atoms with Gasteiger partial charge in [0.1, 0.15) is 6.04 Å². The minimum absolute atomic E-state index is 0.0684. The number of carbonyl (C=O) groups is 2. The Hall–Kier alpha value is -2.82. The quantitative estimate of drug-likeness (QED) is 0.401. The number of amides is 2. The Kier molecular flexibility index (Phi) is 7.87. The summed E-state index contributed by atoms with van der Waals surface area (Å²) in [5.74, 6) is -0.145. The number of non-ortho nitro benzene ring substituents is 1. The van der Waals surface area contributed by atoms with E-state index in [0.29, 0.717) is 30.4 Å². The van der Waals surface area contributed by atoms with Crippen LogP contribution in [0.15, 0.2) is 41.8 Å². The zero-order valence-corrected chi connectivity index (χ0v) is 21.8. The molecule has 9 nitrogen and oxygen atoms in total. The van der Waals surface area contributed by atoms with Crippen LogP contribution in [-0.4, -0.2) is 63.3 Å². The molecule has 2 saturated carbocycles. The molecule has 1 aromatic heterocycles. The number of hydrogen-bond acceptors (Lipinski definition) is 7. The molecule has 0 spiro atoms. The van der Waals surface area contributed by atoms with Crippen LogP contribution >= 0.6 is 11.3 Å². The second-order valence-electron chi connectivity index (χ2n) is 10.6. The summed E-state index contributed by atoms with van der Waals surface area (Å²) < 4.78 is 0. The third-order valence-corrected chi connectivity index (χ3v) is 8.84. The van der Waals surface area contributed by atoms with Gasteiger partial charge in [0.2, 0.25) is 5.91 Å². The maximum absolute atomic E-state index is 13.6. The number of rotatable bonds is 8. The predicted molar refractivity (Wildman–Crippen MR) is 142 cm³/mol.